The molecule has 2 fully saturated rings. The van der Waals surface area contributed by atoms with Gasteiger partial charge in [-0.15, -0.1) is 0 Å². The summed E-state index contributed by atoms with van der Waals surface area (Å²) >= 11 is 0. The lowest BCUT2D eigenvalue weighted by Gasteiger charge is -2.28. The maximum Gasteiger partial charge on any atom is 0.309 e. The van der Waals surface area contributed by atoms with E-state index in [1.54, 1.807) is 0 Å². The molecule has 2 aliphatic rings. The summed E-state index contributed by atoms with van der Waals surface area (Å²) in [4.78, 5) is 12.2. The minimum absolute atomic E-state index is 0.196. The van der Waals surface area contributed by atoms with Crippen molar-refractivity contribution in [1.82, 2.24) is 0 Å². The number of hydrogen-bond acceptors (Lipinski definition) is 2. The van der Waals surface area contributed by atoms with Crippen LogP contribution in [0.4, 0.5) is 8.78 Å². The predicted molar refractivity (Wildman–Crippen MR) is 75.1 cm³/mol. The number of benzene rings is 1. The van der Waals surface area contributed by atoms with Crippen LogP contribution in [0, 0.1) is 5.92 Å². The van der Waals surface area contributed by atoms with Gasteiger partial charge >= 0.3 is 5.97 Å². The Morgan fingerprint density at radius 3 is 2.29 bits per heavy atom. The van der Waals surface area contributed by atoms with Gasteiger partial charge in [-0.2, -0.15) is 0 Å². The Balaban J connectivity index is 1.55. The van der Waals surface area contributed by atoms with Crippen molar-refractivity contribution in [2.24, 2.45) is 5.92 Å². The Bertz CT molecular complexity index is 499. The predicted octanol–water partition coefficient (Wildman–Crippen LogP) is 4.13. The lowest BCUT2D eigenvalue weighted by Crippen LogP contribution is -2.33. The Kier molecular flexibility index (Phi) is 3.72. The molecule has 0 bridgehead atoms. The van der Waals surface area contributed by atoms with Gasteiger partial charge in [0.25, 0.3) is 0 Å². The van der Waals surface area contributed by atoms with E-state index < -0.39 is 5.92 Å². The van der Waals surface area contributed by atoms with Gasteiger partial charge in [0.2, 0.25) is 5.92 Å². The quantitative estimate of drug-likeness (QED) is 0.780. The maximum absolute atomic E-state index is 13.1. The van der Waals surface area contributed by atoms with Crippen molar-refractivity contribution >= 4 is 5.97 Å². The molecule has 0 aliphatic heterocycles. The lowest BCUT2D eigenvalue weighted by atomic mass is 9.87. The fraction of sp³-hybridized carbons (Fsp3) is 0.588. The molecule has 2 saturated carbocycles. The Morgan fingerprint density at radius 1 is 1.10 bits per heavy atom. The third-order valence-electron chi connectivity index (χ3n) is 4.54. The van der Waals surface area contributed by atoms with E-state index in [1.165, 1.54) is 0 Å². The molecule has 0 heterocycles. The largest absolute Gasteiger partial charge is 0.458 e. The highest BCUT2D eigenvalue weighted by Gasteiger charge is 2.48. The summed E-state index contributed by atoms with van der Waals surface area (Å²) in [5.74, 6) is -3.23. The molecule has 0 N–H and O–H groups in total. The summed E-state index contributed by atoms with van der Waals surface area (Å²) in [5.41, 5.74) is 0.774. The van der Waals surface area contributed by atoms with Crippen LogP contribution in [0.5, 0.6) is 0 Å². The van der Waals surface area contributed by atoms with Crippen LogP contribution in [0.3, 0.4) is 0 Å². The van der Waals surface area contributed by atoms with Crippen LogP contribution >= 0.6 is 0 Å². The van der Waals surface area contributed by atoms with Gasteiger partial charge in [0.05, 0.1) is 5.92 Å². The first-order valence-electron chi connectivity index (χ1n) is 7.63. The normalized spacial score (nSPS) is 23.5. The van der Waals surface area contributed by atoms with Crippen molar-refractivity contribution in [2.75, 3.05) is 0 Å². The zero-order chi connectivity index (χ0) is 14.9. The van der Waals surface area contributed by atoms with Gasteiger partial charge in [0, 0.05) is 19.3 Å². The van der Waals surface area contributed by atoms with E-state index in [4.69, 9.17) is 4.74 Å². The molecule has 1 aromatic carbocycles. The van der Waals surface area contributed by atoms with Gasteiger partial charge in [0.15, 0.2) is 0 Å². The molecule has 0 spiro atoms. The van der Waals surface area contributed by atoms with Crippen LogP contribution in [-0.4, -0.2) is 17.5 Å². The number of carbonyl (C=O) groups excluding carboxylic acids is 1. The van der Waals surface area contributed by atoms with Crippen LogP contribution < -0.4 is 0 Å². The second kappa shape index (κ2) is 5.39. The van der Waals surface area contributed by atoms with Gasteiger partial charge in [-0.3, -0.25) is 4.79 Å². The van der Waals surface area contributed by atoms with Gasteiger partial charge in [-0.05, 0) is 31.2 Å². The second-order valence-electron chi connectivity index (χ2n) is 6.40. The minimum Gasteiger partial charge on any atom is -0.458 e. The highest BCUT2D eigenvalue weighted by atomic mass is 19.3. The summed E-state index contributed by atoms with van der Waals surface area (Å²) in [6, 6.07) is 9.94. The second-order valence-corrected chi connectivity index (χ2v) is 6.40. The molecule has 2 aliphatic carbocycles. The molecule has 3 rings (SSSR count). The van der Waals surface area contributed by atoms with Crippen LogP contribution in [0.15, 0.2) is 30.3 Å². The molecule has 0 atom stereocenters. The Labute approximate surface area is 123 Å². The fourth-order valence-corrected chi connectivity index (χ4v) is 2.99. The van der Waals surface area contributed by atoms with Crippen molar-refractivity contribution in [2.45, 2.75) is 56.5 Å². The summed E-state index contributed by atoms with van der Waals surface area (Å²) in [6.45, 7) is 0. The van der Waals surface area contributed by atoms with Crippen molar-refractivity contribution in [3.8, 4) is 0 Å². The Hall–Kier alpha value is -1.45. The first-order valence-corrected chi connectivity index (χ1v) is 7.63. The van der Waals surface area contributed by atoms with Crippen molar-refractivity contribution in [3.63, 3.8) is 0 Å². The van der Waals surface area contributed by atoms with E-state index in [0.29, 0.717) is 0 Å². The number of alkyl halides is 2. The summed E-state index contributed by atoms with van der Waals surface area (Å²) in [5, 5.41) is 0. The molecule has 2 nitrogen and oxygen atoms in total. The Morgan fingerprint density at radius 2 is 1.71 bits per heavy atom. The van der Waals surface area contributed by atoms with E-state index in [-0.39, 0.29) is 43.2 Å². The van der Waals surface area contributed by atoms with Crippen molar-refractivity contribution < 1.29 is 18.3 Å². The number of hydrogen-bond donors (Lipinski definition) is 0. The first-order chi connectivity index (χ1) is 9.98. The molecule has 0 saturated heterocycles. The highest BCUT2D eigenvalue weighted by Crippen LogP contribution is 2.44. The number of carbonyl (C=O) groups is 1. The van der Waals surface area contributed by atoms with Gasteiger partial charge < -0.3 is 4.74 Å². The first kappa shape index (κ1) is 14.5. The smallest absolute Gasteiger partial charge is 0.309 e. The van der Waals surface area contributed by atoms with Crippen LogP contribution in [0.2, 0.25) is 0 Å². The van der Waals surface area contributed by atoms with Crippen LogP contribution in [0.25, 0.3) is 0 Å². The standard InChI is InChI=1S/C17H20F2O2/c18-17(19)8-6-14(7-9-17)15(20)21-16(10-11-16)12-13-4-2-1-3-5-13/h1-5,14H,6-12H2. The van der Waals surface area contributed by atoms with E-state index in [9.17, 15) is 13.6 Å². The molecule has 4 heteroatoms. The lowest BCUT2D eigenvalue weighted by molar-refractivity contribution is -0.160. The summed E-state index contributed by atoms with van der Waals surface area (Å²) < 4.78 is 31.9. The average Bonchev–Trinajstić information content (AvgIpc) is 3.19. The molecule has 114 valence electrons. The topological polar surface area (TPSA) is 26.3 Å². The van der Waals surface area contributed by atoms with E-state index in [2.05, 4.69) is 0 Å². The number of esters is 1. The number of halogens is 2. The van der Waals surface area contributed by atoms with Crippen molar-refractivity contribution in [1.29, 1.82) is 0 Å². The van der Waals surface area contributed by atoms with Crippen molar-refractivity contribution in [3.05, 3.63) is 35.9 Å². The van der Waals surface area contributed by atoms with Gasteiger partial charge in [0.1, 0.15) is 5.60 Å². The fourth-order valence-electron chi connectivity index (χ4n) is 2.99. The average molecular weight is 294 g/mol. The van der Waals surface area contributed by atoms with Crippen LogP contribution in [-0.2, 0) is 16.0 Å². The monoisotopic (exact) mass is 294 g/mol. The van der Waals surface area contributed by atoms with E-state index >= 15 is 0 Å². The third kappa shape index (κ3) is 3.60. The molecule has 1 aromatic rings. The molecule has 0 unspecified atom stereocenters. The van der Waals surface area contributed by atoms with Gasteiger partial charge in [-0.1, -0.05) is 30.3 Å². The van der Waals surface area contributed by atoms with E-state index in [1.807, 2.05) is 30.3 Å². The van der Waals surface area contributed by atoms with E-state index in [0.717, 1.165) is 24.8 Å². The minimum atomic E-state index is -2.60. The molecule has 0 aromatic heterocycles. The maximum atomic E-state index is 13.1. The summed E-state index contributed by atoms with van der Waals surface area (Å²) in [6.07, 6.45) is 2.56. The molecule has 0 radical (unpaired) electrons. The molecular formula is C17H20F2O2. The third-order valence-corrected chi connectivity index (χ3v) is 4.54. The molecule has 21 heavy (non-hydrogen) atoms. The molecular weight excluding hydrogens is 274 g/mol. The zero-order valence-corrected chi connectivity index (χ0v) is 12.0. The highest BCUT2D eigenvalue weighted by molar-refractivity contribution is 5.73. The summed E-state index contributed by atoms with van der Waals surface area (Å²) in [7, 11) is 0. The zero-order valence-electron chi connectivity index (χ0n) is 12.0. The molecule has 0 amide bonds. The van der Waals surface area contributed by atoms with Gasteiger partial charge in [-0.25, -0.2) is 8.78 Å². The number of ether oxygens (including phenoxy) is 1. The SMILES string of the molecule is O=C(OC1(Cc2ccccc2)CC1)C1CCC(F)(F)CC1. The van der Waals surface area contributed by atoms with Crippen LogP contribution in [0.1, 0.15) is 44.1 Å². The number of rotatable bonds is 4.